The van der Waals surface area contributed by atoms with Crippen LogP contribution in [0.3, 0.4) is 0 Å². The topological polar surface area (TPSA) is 108 Å². The highest BCUT2D eigenvalue weighted by Gasteiger charge is 2.36. The van der Waals surface area contributed by atoms with Crippen LogP contribution in [0.15, 0.2) is 12.4 Å². The van der Waals surface area contributed by atoms with E-state index in [2.05, 4.69) is 20.3 Å². The van der Waals surface area contributed by atoms with Crippen molar-refractivity contribution in [2.75, 3.05) is 24.7 Å². The highest BCUT2D eigenvalue weighted by atomic mass is 32.2. The number of thiazole rings is 1. The molecule has 8 nitrogen and oxygen atoms in total. The number of nitrogens with zero attached hydrogens (tertiary/aromatic N) is 4. The highest BCUT2D eigenvalue weighted by Crippen LogP contribution is 2.38. The van der Waals surface area contributed by atoms with Crippen molar-refractivity contribution in [2.45, 2.75) is 38.1 Å². The first-order valence-electron chi connectivity index (χ1n) is 8.75. The SMILES string of the molecule is CC(O)c1ncc(-c2nc(NC3CCN(S(C)(=O)=O)CC3)ncc2C(F)(F)F)s1. The third-order valence-electron chi connectivity index (χ3n) is 4.46. The molecule has 0 spiro atoms. The first-order chi connectivity index (χ1) is 13.4. The van der Waals surface area contributed by atoms with Crippen molar-refractivity contribution < 1.29 is 26.7 Å². The van der Waals surface area contributed by atoms with Crippen LogP contribution in [-0.4, -0.2) is 58.2 Å². The van der Waals surface area contributed by atoms with Gasteiger partial charge in [-0.15, -0.1) is 11.3 Å². The summed E-state index contributed by atoms with van der Waals surface area (Å²) in [5.74, 6) is 0.0257. The molecule has 0 amide bonds. The van der Waals surface area contributed by atoms with E-state index in [0.717, 1.165) is 23.8 Å². The van der Waals surface area contributed by atoms with Gasteiger partial charge in [-0.3, -0.25) is 0 Å². The largest absolute Gasteiger partial charge is 0.420 e. The number of aliphatic hydroxyl groups is 1. The molecule has 160 valence electrons. The fraction of sp³-hybridized carbons (Fsp3) is 0.562. The molecule has 1 atom stereocenters. The molecular weight excluding hydrogens is 431 g/mol. The van der Waals surface area contributed by atoms with Crippen LogP contribution in [-0.2, 0) is 16.2 Å². The van der Waals surface area contributed by atoms with E-state index < -0.39 is 27.9 Å². The molecule has 2 aromatic heterocycles. The van der Waals surface area contributed by atoms with Crippen molar-refractivity contribution in [1.82, 2.24) is 19.3 Å². The van der Waals surface area contributed by atoms with Crippen molar-refractivity contribution in [3.8, 4) is 10.6 Å². The number of sulfonamides is 1. The van der Waals surface area contributed by atoms with Crippen molar-refractivity contribution in [1.29, 1.82) is 0 Å². The number of hydrogen-bond acceptors (Lipinski definition) is 8. The molecule has 0 aliphatic carbocycles. The first kappa shape index (κ1) is 21.9. The summed E-state index contributed by atoms with van der Waals surface area (Å²) < 4.78 is 64.8. The van der Waals surface area contributed by atoms with Gasteiger partial charge in [0.05, 0.1) is 16.8 Å². The molecule has 1 unspecified atom stereocenters. The number of piperidine rings is 1. The van der Waals surface area contributed by atoms with Gasteiger partial charge in [-0.1, -0.05) is 0 Å². The van der Waals surface area contributed by atoms with E-state index in [1.165, 1.54) is 17.4 Å². The Morgan fingerprint density at radius 1 is 1.28 bits per heavy atom. The minimum absolute atomic E-state index is 0.0257. The number of aromatic nitrogens is 3. The average molecular weight is 451 g/mol. The summed E-state index contributed by atoms with van der Waals surface area (Å²) in [7, 11) is -3.27. The Morgan fingerprint density at radius 2 is 1.93 bits per heavy atom. The Hall–Kier alpha value is -1.83. The van der Waals surface area contributed by atoms with E-state index in [9.17, 15) is 26.7 Å². The second-order valence-corrected chi connectivity index (χ2v) is 9.82. The van der Waals surface area contributed by atoms with Crippen LogP contribution in [0.5, 0.6) is 0 Å². The maximum absolute atomic E-state index is 13.4. The smallest absolute Gasteiger partial charge is 0.386 e. The van der Waals surface area contributed by atoms with E-state index in [1.807, 2.05) is 0 Å². The van der Waals surface area contributed by atoms with Crippen LogP contribution < -0.4 is 5.32 Å². The van der Waals surface area contributed by atoms with Crippen molar-refractivity contribution in [2.24, 2.45) is 0 Å². The monoisotopic (exact) mass is 451 g/mol. The van der Waals surface area contributed by atoms with Gasteiger partial charge in [0.1, 0.15) is 16.7 Å². The van der Waals surface area contributed by atoms with Crippen LogP contribution >= 0.6 is 11.3 Å². The molecule has 0 radical (unpaired) electrons. The summed E-state index contributed by atoms with van der Waals surface area (Å²) in [6.45, 7) is 2.11. The predicted octanol–water partition coefficient (Wildman–Crippen LogP) is 2.51. The lowest BCUT2D eigenvalue weighted by Crippen LogP contribution is -2.42. The maximum atomic E-state index is 13.4. The molecule has 13 heteroatoms. The van der Waals surface area contributed by atoms with Gasteiger partial charge in [-0.25, -0.2) is 27.7 Å². The summed E-state index contributed by atoms with van der Waals surface area (Å²) in [5, 5.41) is 12.9. The van der Waals surface area contributed by atoms with E-state index in [0.29, 0.717) is 25.9 Å². The van der Waals surface area contributed by atoms with E-state index in [4.69, 9.17) is 0 Å². The van der Waals surface area contributed by atoms with Gasteiger partial charge in [0.15, 0.2) is 0 Å². The highest BCUT2D eigenvalue weighted by molar-refractivity contribution is 7.88. The first-order valence-corrected chi connectivity index (χ1v) is 11.4. The van der Waals surface area contributed by atoms with Crippen LogP contribution in [0, 0.1) is 0 Å². The van der Waals surface area contributed by atoms with Crippen LogP contribution in [0.2, 0.25) is 0 Å². The summed E-state index contributed by atoms with van der Waals surface area (Å²) in [6, 6.07) is -0.160. The molecule has 1 fully saturated rings. The lowest BCUT2D eigenvalue weighted by atomic mass is 10.1. The predicted molar refractivity (Wildman–Crippen MR) is 102 cm³/mol. The number of nitrogens with one attached hydrogen (secondary N) is 1. The summed E-state index contributed by atoms with van der Waals surface area (Å²) >= 11 is 0.930. The zero-order valence-corrected chi connectivity index (χ0v) is 17.3. The Morgan fingerprint density at radius 3 is 2.45 bits per heavy atom. The van der Waals surface area contributed by atoms with Gasteiger partial charge in [-0.05, 0) is 19.8 Å². The van der Waals surface area contributed by atoms with Crippen molar-refractivity contribution in [3.05, 3.63) is 23.0 Å². The Labute approximate surface area is 169 Å². The third-order valence-corrected chi connectivity index (χ3v) is 6.94. The third kappa shape index (κ3) is 5.21. The van der Waals surface area contributed by atoms with Crippen LogP contribution in [0.25, 0.3) is 10.6 Å². The van der Waals surface area contributed by atoms with Gasteiger partial charge < -0.3 is 10.4 Å². The fourth-order valence-electron chi connectivity index (χ4n) is 2.95. The molecule has 2 aromatic rings. The number of alkyl halides is 3. The lowest BCUT2D eigenvalue weighted by molar-refractivity contribution is -0.137. The average Bonchev–Trinajstić information content (AvgIpc) is 3.11. The molecule has 1 saturated heterocycles. The number of hydrogen-bond donors (Lipinski definition) is 2. The molecule has 0 saturated carbocycles. The number of rotatable bonds is 5. The number of anilines is 1. The molecule has 1 aliphatic heterocycles. The molecular formula is C16H20F3N5O3S2. The van der Waals surface area contributed by atoms with E-state index in [1.54, 1.807) is 0 Å². The van der Waals surface area contributed by atoms with Gasteiger partial charge in [0, 0.05) is 31.5 Å². The molecule has 3 rings (SSSR count). The zero-order chi connectivity index (χ0) is 21.4. The van der Waals surface area contributed by atoms with Gasteiger partial charge in [0.25, 0.3) is 0 Å². The molecule has 29 heavy (non-hydrogen) atoms. The normalized spacial score (nSPS) is 18.0. The second-order valence-electron chi connectivity index (χ2n) is 6.77. The minimum Gasteiger partial charge on any atom is -0.386 e. The van der Waals surface area contributed by atoms with Crippen LogP contribution in [0.4, 0.5) is 19.1 Å². The standard InChI is InChI=1S/C16H20F3N5O3S2/c1-9(25)14-20-8-12(28-14)13-11(16(17,18)19)7-21-15(23-13)22-10-3-5-24(6-4-10)29(2,26)27/h7-10,25H,3-6H2,1-2H3,(H,21,22,23). The van der Waals surface area contributed by atoms with Crippen molar-refractivity contribution >= 4 is 27.3 Å². The summed E-state index contributed by atoms with van der Waals surface area (Å²) in [4.78, 5) is 12.0. The van der Waals surface area contributed by atoms with Crippen LogP contribution in [0.1, 0.15) is 36.4 Å². The van der Waals surface area contributed by atoms with Crippen molar-refractivity contribution in [3.63, 3.8) is 0 Å². The summed E-state index contributed by atoms with van der Waals surface area (Å²) in [6.07, 6.45) is -1.47. The van der Waals surface area contributed by atoms with Gasteiger partial charge in [0.2, 0.25) is 16.0 Å². The zero-order valence-electron chi connectivity index (χ0n) is 15.6. The maximum Gasteiger partial charge on any atom is 0.420 e. The van der Waals surface area contributed by atoms with Gasteiger partial charge in [-0.2, -0.15) is 13.2 Å². The fourth-order valence-corrected chi connectivity index (χ4v) is 4.68. The molecule has 0 bridgehead atoms. The quantitative estimate of drug-likeness (QED) is 0.719. The summed E-state index contributed by atoms with van der Waals surface area (Å²) in [5.41, 5.74) is -1.30. The number of aliphatic hydroxyl groups excluding tert-OH is 1. The minimum atomic E-state index is -4.65. The molecule has 3 heterocycles. The van der Waals surface area contributed by atoms with E-state index >= 15 is 0 Å². The molecule has 2 N–H and O–H groups in total. The molecule has 0 aromatic carbocycles. The Kier molecular flexibility index (Phi) is 6.13. The molecule has 1 aliphatic rings. The lowest BCUT2D eigenvalue weighted by Gasteiger charge is -2.30. The Bertz CT molecular complexity index is 970. The van der Waals surface area contributed by atoms with E-state index in [-0.39, 0.29) is 27.6 Å². The van der Waals surface area contributed by atoms with Gasteiger partial charge >= 0.3 is 6.18 Å². The second kappa shape index (κ2) is 8.13. The Balaban J connectivity index is 1.84. The number of halogens is 3.